The molecule has 1 atom stereocenters. The van der Waals surface area contributed by atoms with Crippen molar-refractivity contribution in [2.75, 3.05) is 19.6 Å². The quantitative estimate of drug-likeness (QED) is 0.806. The van der Waals surface area contributed by atoms with Crippen LogP contribution in [-0.2, 0) is 17.9 Å². The standard InChI is InChI=1S/C17H27N3O/c1-3-20(4-2)13-15-9-6-5-8-14(15)12-19-17(21)16-10-7-11-18-16/h5-6,8-9,16,18H,3-4,7,10-13H2,1-2H3,(H,19,21). The van der Waals surface area contributed by atoms with Crippen LogP contribution in [0, 0.1) is 0 Å². The third kappa shape index (κ3) is 4.55. The van der Waals surface area contributed by atoms with Gasteiger partial charge in [-0.2, -0.15) is 0 Å². The van der Waals surface area contributed by atoms with E-state index in [4.69, 9.17) is 0 Å². The van der Waals surface area contributed by atoms with Crippen LogP contribution in [0.25, 0.3) is 0 Å². The minimum atomic E-state index is -0.0000515. The molecule has 116 valence electrons. The van der Waals surface area contributed by atoms with E-state index in [9.17, 15) is 4.79 Å². The molecule has 0 saturated carbocycles. The molecular weight excluding hydrogens is 262 g/mol. The highest BCUT2D eigenvalue weighted by Gasteiger charge is 2.21. The summed E-state index contributed by atoms with van der Waals surface area (Å²) in [5.41, 5.74) is 2.52. The third-order valence-corrected chi connectivity index (χ3v) is 4.24. The Kier molecular flexibility index (Phi) is 6.21. The number of amides is 1. The number of nitrogens with zero attached hydrogens (tertiary/aromatic N) is 1. The Morgan fingerprint density at radius 1 is 1.29 bits per heavy atom. The smallest absolute Gasteiger partial charge is 0.237 e. The Morgan fingerprint density at radius 2 is 2.00 bits per heavy atom. The normalized spacial score (nSPS) is 18.1. The fourth-order valence-electron chi connectivity index (χ4n) is 2.79. The lowest BCUT2D eigenvalue weighted by atomic mass is 10.1. The van der Waals surface area contributed by atoms with Gasteiger partial charge in [0, 0.05) is 13.1 Å². The lowest BCUT2D eigenvalue weighted by molar-refractivity contribution is -0.122. The van der Waals surface area contributed by atoms with Crippen LogP contribution in [0.3, 0.4) is 0 Å². The van der Waals surface area contributed by atoms with E-state index in [0.29, 0.717) is 6.54 Å². The van der Waals surface area contributed by atoms with Gasteiger partial charge in [0.1, 0.15) is 0 Å². The Balaban J connectivity index is 1.94. The lowest BCUT2D eigenvalue weighted by Crippen LogP contribution is -2.40. The summed E-state index contributed by atoms with van der Waals surface area (Å²) in [7, 11) is 0. The van der Waals surface area contributed by atoms with Gasteiger partial charge in [0.25, 0.3) is 0 Å². The van der Waals surface area contributed by atoms with Gasteiger partial charge in [-0.15, -0.1) is 0 Å². The predicted octanol–water partition coefficient (Wildman–Crippen LogP) is 1.90. The molecule has 4 heteroatoms. The van der Waals surface area contributed by atoms with E-state index < -0.39 is 0 Å². The second-order valence-corrected chi connectivity index (χ2v) is 5.60. The molecule has 0 bridgehead atoms. The molecule has 1 fully saturated rings. The van der Waals surface area contributed by atoms with Gasteiger partial charge in [0.2, 0.25) is 5.91 Å². The molecule has 0 spiro atoms. The summed E-state index contributed by atoms with van der Waals surface area (Å²) in [4.78, 5) is 14.5. The van der Waals surface area contributed by atoms with Crippen LogP contribution >= 0.6 is 0 Å². The van der Waals surface area contributed by atoms with Gasteiger partial charge < -0.3 is 10.6 Å². The second kappa shape index (κ2) is 8.15. The summed E-state index contributed by atoms with van der Waals surface area (Å²) in [6, 6.07) is 8.39. The molecule has 2 rings (SSSR count). The molecule has 1 amide bonds. The van der Waals surface area contributed by atoms with Gasteiger partial charge in [0.15, 0.2) is 0 Å². The van der Waals surface area contributed by atoms with Crippen molar-refractivity contribution >= 4 is 5.91 Å². The highest BCUT2D eigenvalue weighted by Crippen LogP contribution is 2.12. The van der Waals surface area contributed by atoms with Crippen molar-refractivity contribution in [3.8, 4) is 0 Å². The zero-order valence-corrected chi connectivity index (χ0v) is 13.2. The van der Waals surface area contributed by atoms with Crippen LogP contribution in [0.2, 0.25) is 0 Å². The maximum absolute atomic E-state index is 12.1. The average Bonchev–Trinajstić information content (AvgIpc) is 3.05. The summed E-state index contributed by atoms with van der Waals surface area (Å²) in [5.74, 6) is 0.130. The monoisotopic (exact) mass is 289 g/mol. The maximum atomic E-state index is 12.1. The lowest BCUT2D eigenvalue weighted by Gasteiger charge is -2.20. The zero-order valence-electron chi connectivity index (χ0n) is 13.2. The first-order valence-electron chi connectivity index (χ1n) is 8.04. The third-order valence-electron chi connectivity index (χ3n) is 4.24. The summed E-state index contributed by atoms with van der Waals surface area (Å²) in [6.45, 7) is 8.97. The van der Waals surface area contributed by atoms with E-state index in [1.54, 1.807) is 0 Å². The van der Waals surface area contributed by atoms with Crippen molar-refractivity contribution < 1.29 is 4.79 Å². The van der Waals surface area contributed by atoms with E-state index in [0.717, 1.165) is 39.0 Å². The molecule has 0 aliphatic carbocycles. The van der Waals surface area contributed by atoms with Gasteiger partial charge in [-0.05, 0) is 43.6 Å². The first kappa shape index (κ1) is 16.0. The van der Waals surface area contributed by atoms with Crippen molar-refractivity contribution in [1.82, 2.24) is 15.5 Å². The number of nitrogens with one attached hydrogen (secondary N) is 2. The highest BCUT2D eigenvalue weighted by atomic mass is 16.2. The van der Waals surface area contributed by atoms with Gasteiger partial charge in [-0.3, -0.25) is 9.69 Å². The number of hydrogen-bond donors (Lipinski definition) is 2. The van der Waals surface area contributed by atoms with E-state index in [1.807, 2.05) is 6.07 Å². The minimum absolute atomic E-state index is 0.0000515. The summed E-state index contributed by atoms with van der Waals surface area (Å²) in [5, 5.41) is 6.31. The molecule has 2 N–H and O–H groups in total. The van der Waals surface area contributed by atoms with E-state index in [1.165, 1.54) is 11.1 Å². The summed E-state index contributed by atoms with van der Waals surface area (Å²) < 4.78 is 0. The van der Waals surface area contributed by atoms with Gasteiger partial charge in [-0.25, -0.2) is 0 Å². The number of rotatable bonds is 7. The minimum Gasteiger partial charge on any atom is -0.351 e. The van der Waals surface area contributed by atoms with Crippen molar-refractivity contribution in [3.05, 3.63) is 35.4 Å². The maximum Gasteiger partial charge on any atom is 0.237 e. The molecule has 0 aromatic heterocycles. The van der Waals surface area contributed by atoms with Crippen LogP contribution in [0.1, 0.15) is 37.8 Å². The van der Waals surface area contributed by atoms with Crippen molar-refractivity contribution in [1.29, 1.82) is 0 Å². The number of carbonyl (C=O) groups is 1. The fraction of sp³-hybridized carbons (Fsp3) is 0.588. The van der Waals surface area contributed by atoms with Crippen LogP contribution in [0.5, 0.6) is 0 Å². The van der Waals surface area contributed by atoms with Gasteiger partial charge in [0.05, 0.1) is 6.04 Å². The Bertz CT molecular complexity index is 451. The molecule has 1 unspecified atom stereocenters. The van der Waals surface area contributed by atoms with Crippen LogP contribution in [0.15, 0.2) is 24.3 Å². The molecule has 1 aliphatic rings. The van der Waals surface area contributed by atoms with E-state index in [2.05, 4.69) is 47.6 Å². The topological polar surface area (TPSA) is 44.4 Å². The summed E-state index contributed by atoms with van der Waals surface area (Å²) in [6.07, 6.45) is 2.05. The zero-order chi connectivity index (χ0) is 15.1. The molecule has 1 aliphatic heterocycles. The molecule has 1 aromatic carbocycles. The first-order chi connectivity index (χ1) is 10.2. The van der Waals surface area contributed by atoms with Crippen LogP contribution in [-0.4, -0.2) is 36.5 Å². The summed E-state index contributed by atoms with van der Waals surface area (Å²) >= 11 is 0. The second-order valence-electron chi connectivity index (χ2n) is 5.60. The number of hydrogen-bond acceptors (Lipinski definition) is 3. The van der Waals surface area contributed by atoms with Gasteiger partial charge >= 0.3 is 0 Å². The Labute approximate surface area is 127 Å². The van der Waals surface area contributed by atoms with Crippen molar-refractivity contribution in [2.45, 2.75) is 45.8 Å². The van der Waals surface area contributed by atoms with Crippen LogP contribution < -0.4 is 10.6 Å². The van der Waals surface area contributed by atoms with E-state index in [-0.39, 0.29) is 11.9 Å². The number of benzene rings is 1. The average molecular weight is 289 g/mol. The van der Waals surface area contributed by atoms with Crippen molar-refractivity contribution in [2.24, 2.45) is 0 Å². The SMILES string of the molecule is CCN(CC)Cc1ccccc1CNC(=O)C1CCCN1. The predicted molar refractivity (Wildman–Crippen MR) is 85.9 cm³/mol. The highest BCUT2D eigenvalue weighted by molar-refractivity contribution is 5.82. The Hall–Kier alpha value is -1.39. The first-order valence-corrected chi connectivity index (χ1v) is 8.04. The molecule has 1 heterocycles. The van der Waals surface area contributed by atoms with Crippen LogP contribution in [0.4, 0.5) is 0 Å². The molecule has 0 radical (unpaired) electrons. The van der Waals surface area contributed by atoms with Crippen molar-refractivity contribution in [3.63, 3.8) is 0 Å². The Morgan fingerprint density at radius 3 is 2.62 bits per heavy atom. The van der Waals surface area contributed by atoms with Gasteiger partial charge in [-0.1, -0.05) is 38.1 Å². The van der Waals surface area contributed by atoms with E-state index >= 15 is 0 Å². The largest absolute Gasteiger partial charge is 0.351 e. The molecule has 4 nitrogen and oxygen atoms in total. The molecule has 1 saturated heterocycles. The molecule has 21 heavy (non-hydrogen) atoms. The molecular formula is C17H27N3O. The molecule has 1 aromatic rings. The fourth-order valence-corrected chi connectivity index (χ4v) is 2.79. The number of carbonyl (C=O) groups excluding carboxylic acids is 1.